The molecule has 37 heavy (non-hydrogen) atoms. The van der Waals surface area contributed by atoms with E-state index in [1.54, 1.807) is 60.7 Å². The second kappa shape index (κ2) is 10.2. The van der Waals surface area contributed by atoms with E-state index in [-0.39, 0.29) is 18.0 Å². The van der Waals surface area contributed by atoms with Gasteiger partial charge in [-0.15, -0.1) is 0 Å². The van der Waals surface area contributed by atoms with E-state index in [0.717, 1.165) is 27.4 Å². The van der Waals surface area contributed by atoms with E-state index in [1.165, 1.54) is 4.31 Å². The molecule has 0 aliphatic rings. The molecule has 0 spiro atoms. The first-order chi connectivity index (χ1) is 17.6. The van der Waals surface area contributed by atoms with E-state index in [4.69, 9.17) is 34.8 Å². The van der Waals surface area contributed by atoms with Crippen molar-refractivity contribution in [3.8, 4) is 0 Å². The van der Waals surface area contributed by atoms with Crippen molar-refractivity contribution in [2.75, 3.05) is 10.8 Å². The molecule has 1 N–H and O–H groups in total. The number of fused-ring (bicyclic) bond motifs is 3. The van der Waals surface area contributed by atoms with E-state index in [2.05, 4.69) is 0 Å². The second-order valence-corrected chi connectivity index (χ2v) is 12.1. The van der Waals surface area contributed by atoms with Gasteiger partial charge in [-0.2, -0.15) is 0 Å². The third-order valence-electron chi connectivity index (χ3n) is 6.28. The number of sulfonamides is 1. The number of rotatable bonds is 7. The van der Waals surface area contributed by atoms with E-state index in [9.17, 15) is 13.5 Å². The van der Waals surface area contributed by atoms with Crippen molar-refractivity contribution in [3.05, 3.63) is 106 Å². The molecule has 1 aromatic heterocycles. The lowest BCUT2D eigenvalue weighted by Crippen LogP contribution is -2.39. The minimum atomic E-state index is -3.97. The standard InChI is InChI=1S/C28H23Cl3N2O3S/c1-18-2-10-24(11-3-18)37(35,36)33(22-8-4-19(29)5-9-22)17-23(34)16-32-27-12-6-20(30)14-25(27)26-15-21(31)7-13-28(26)32/h2-15,23,34H,16-17H2,1H3/t23-/m1/s1. The Morgan fingerprint density at radius 3 is 1.84 bits per heavy atom. The summed E-state index contributed by atoms with van der Waals surface area (Å²) in [5.41, 5.74) is 3.08. The van der Waals surface area contributed by atoms with E-state index < -0.39 is 16.1 Å². The zero-order chi connectivity index (χ0) is 26.3. The highest BCUT2D eigenvalue weighted by Crippen LogP contribution is 2.33. The number of halogens is 3. The van der Waals surface area contributed by atoms with Gasteiger partial charge >= 0.3 is 0 Å². The first-order valence-electron chi connectivity index (χ1n) is 11.5. The number of hydrogen-bond acceptors (Lipinski definition) is 3. The maximum Gasteiger partial charge on any atom is 0.264 e. The third kappa shape index (κ3) is 5.17. The van der Waals surface area contributed by atoms with Crippen LogP contribution in [0.5, 0.6) is 0 Å². The van der Waals surface area contributed by atoms with Gasteiger partial charge in [0.1, 0.15) is 0 Å². The van der Waals surface area contributed by atoms with Crippen LogP contribution in [-0.2, 0) is 16.6 Å². The minimum Gasteiger partial charge on any atom is -0.389 e. The van der Waals surface area contributed by atoms with E-state index in [1.807, 2.05) is 35.8 Å². The van der Waals surface area contributed by atoms with Crippen molar-refractivity contribution in [2.24, 2.45) is 0 Å². The first-order valence-corrected chi connectivity index (χ1v) is 14.1. The normalized spacial score (nSPS) is 12.8. The fraction of sp³-hybridized carbons (Fsp3) is 0.143. The van der Waals surface area contributed by atoms with Gasteiger partial charge in [0, 0.05) is 36.9 Å². The molecule has 5 aromatic rings. The number of aryl methyl sites for hydroxylation is 1. The van der Waals surface area contributed by atoms with Crippen LogP contribution in [0.4, 0.5) is 5.69 Å². The summed E-state index contributed by atoms with van der Waals surface area (Å²) in [6.07, 6.45) is -1.04. The fourth-order valence-electron chi connectivity index (χ4n) is 4.49. The predicted octanol–water partition coefficient (Wildman–Crippen LogP) is 7.32. The molecule has 1 heterocycles. The van der Waals surface area contributed by atoms with Crippen molar-refractivity contribution in [2.45, 2.75) is 24.5 Å². The van der Waals surface area contributed by atoms with Crippen molar-refractivity contribution in [3.63, 3.8) is 0 Å². The molecular weight excluding hydrogens is 551 g/mol. The monoisotopic (exact) mass is 572 g/mol. The second-order valence-electron chi connectivity index (χ2n) is 8.91. The van der Waals surface area contributed by atoms with Crippen LogP contribution in [0.2, 0.25) is 15.1 Å². The largest absolute Gasteiger partial charge is 0.389 e. The van der Waals surface area contributed by atoms with Gasteiger partial charge < -0.3 is 9.67 Å². The molecule has 190 valence electrons. The maximum atomic E-state index is 13.7. The summed E-state index contributed by atoms with van der Waals surface area (Å²) < 4.78 is 30.6. The van der Waals surface area contributed by atoms with Crippen molar-refractivity contribution in [1.82, 2.24) is 4.57 Å². The highest BCUT2D eigenvalue weighted by atomic mass is 35.5. The summed E-state index contributed by atoms with van der Waals surface area (Å²) in [4.78, 5) is 0.140. The highest BCUT2D eigenvalue weighted by molar-refractivity contribution is 7.92. The summed E-state index contributed by atoms with van der Waals surface area (Å²) in [5.74, 6) is 0. The third-order valence-corrected chi connectivity index (χ3v) is 8.81. The Morgan fingerprint density at radius 1 is 0.784 bits per heavy atom. The van der Waals surface area contributed by atoms with Crippen LogP contribution in [0.3, 0.4) is 0 Å². The van der Waals surface area contributed by atoms with Crippen LogP contribution in [0.1, 0.15) is 5.56 Å². The van der Waals surface area contributed by atoms with Crippen LogP contribution in [-0.4, -0.2) is 30.7 Å². The van der Waals surface area contributed by atoms with E-state index in [0.29, 0.717) is 20.8 Å². The summed E-state index contributed by atoms with van der Waals surface area (Å²) in [7, 11) is -3.97. The lowest BCUT2D eigenvalue weighted by molar-refractivity contribution is 0.166. The molecule has 0 unspecified atom stereocenters. The van der Waals surface area contributed by atoms with Crippen molar-refractivity contribution < 1.29 is 13.5 Å². The molecule has 5 nitrogen and oxygen atoms in total. The Bertz CT molecular complexity index is 1640. The molecule has 5 rings (SSSR count). The van der Waals surface area contributed by atoms with Crippen LogP contribution >= 0.6 is 34.8 Å². The molecule has 0 saturated carbocycles. The SMILES string of the molecule is Cc1ccc(S(=O)(=O)N(C[C@H](O)Cn2c3ccc(Cl)cc3c3cc(Cl)ccc32)c2ccc(Cl)cc2)cc1. The molecule has 0 radical (unpaired) electrons. The van der Waals surface area contributed by atoms with E-state index >= 15 is 0 Å². The highest BCUT2D eigenvalue weighted by Gasteiger charge is 2.28. The van der Waals surface area contributed by atoms with Gasteiger partial charge in [-0.25, -0.2) is 8.42 Å². The lowest BCUT2D eigenvalue weighted by Gasteiger charge is -2.27. The molecule has 4 aromatic carbocycles. The molecule has 0 aliphatic carbocycles. The van der Waals surface area contributed by atoms with Crippen LogP contribution < -0.4 is 4.31 Å². The summed E-state index contributed by atoms with van der Waals surface area (Å²) in [5, 5.41) is 14.8. The fourth-order valence-corrected chi connectivity index (χ4v) is 6.46. The topological polar surface area (TPSA) is 62.5 Å². The van der Waals surface area contributed by atoms with Gasteiger partial charge in [0.05, 0.1) is 29.8 Å². The summed E-state index contributed by atoms with van der Waals surface area (Å²) in [6, 6.07) is 24.2. The molecule has 0 bridgehead atoms. The molecule has 1 atom stereocenters. The first kappa shape index (κ1) is 25.9. The molecule has 0 aliphatic heterocycles. The van der Waals surface area contributed by atoms with Gasteiger partial charge in [-0.05, 0) is 79.7 Å². The lowest BCUT2D eigenvalue weighted by atomic mass is 10.1. The average Bonchev–Trinajstić information content (AvgIpc) is 3.15. The molecule has 0 amide bonds. The Morgan fingerprint density at radius 2 is 1.30 bits per heavy atom. The summed E-state index contributed by atoms with van der Waals surface area (Å²) >= 11 is 18.6. The van der Waals surface area contributed by atoms with Gasteiger partial charge in [0.15, 0.2) is 0 Å². The van der Waals surface area contributed by atoms with Gasteiger partial charge in [0.2, 0.25) is 0 Å². The molecule has 9 heteroatoms. The van der Waals surface area contributed by atoms with Gasteiger partial charge in [-0.1, -0.05) is 52.5 Å². The van der Waals surface area contributed by atoms with Crippen LogP contribution in [0.15, 0.2) is 89.8 Å². The molecule has 0 fully saturated rings. The number of aromatic nitrogens is 1. The number of aliphatic hydroxyl groups is 1. The van der Waals surface area contributed by atoms with Crippen LogP contribution in [0, 0.1) is 6.92 Å². The summed E-state index contributed by atoms with van der Waals surface area (Å²) in [6.45, 7) is 1.88. The zero-order valence-corrected chi connectivity index (χ0v) is 22.9. The predicted molar refractivity (Wildman–Crippen MR) is 153 cm³/mol. The number of anilines is 1. The zero-order valence-electron chi connectivity index (χ0n) is 19.8. The Labute approximate surface area is 230 Å². The van der Waals surface area contributed by atoms with Crippen molar-refractivity contribution >= 4 is 72.3 Å². The quantitative estimate of drug-likeness (QED) is 0.222. The number of aliphatic hydroxyl groups excluding tert-OH is 1. The van der Waals surface area contributed by atoms with Crippen molar-refractivity contribution in [1.29, 1.82) is 0 Å². The molecular formula is C28H23Cl3N2O3S. The van der Waals surface area contributed by atoms with Gasteiger partial charge in [-0.3, -0.25) is 4.31 Å². The Balaban J connectivity index is 1.54. The van der Waals surface area contributed by atoms with Crippen LogP contribution in [0.25, 0.3) is 21.8 Å². The number of nitrogens with zero attached hydrogens (tertiary/aromatic N) is 2. The molecule has 0 saturated heterocycles. The number of benzene rings is 4. The minimum absolute atomic E-state index is 0.140. The number of hydrogen-bond donors (Lipinski definition) is 1. The Kier molecular flexibility index (Phi) is 7.14. The Hall–Kier alpha value is -2.74. The average molecular weight is 574 g/mol. The maximum absolute atomic E-state index is 13.7. The van der Waals surface area contributed by atoms with Gasteiger partial charge in [0.25, 0.3) is 10.0 Å². The smallest absolute Gasteiger partial charge is 0.264 e.